The van der Waals surface area contributed by atoms with E-state index in [2.05, 4.69) is 25.2 Å². The summed E-state index contributed by atoms with van der Waals surface area (Å²) in [6.45, 7) is -3.60. The maximum Gasteiger partial charge on any atom is 0.387 e. The Morgan fingerprint density at radius 2 is 2.15 bits per heavy atom. The third-order valence-electron chi connectivity index (χ3n) is 4.34. The van der Waals surface area contributed by atoms with E-state index in [4.69, 9.17) is 5.11 Å². The van der Waals surface area contributed by atoms with Crippen molar-refractivity contribution in [2.45, 2.75) is 18.1 Å². The minimum absolute atomic E-state index is 0.0667. The topological polar surface area (TPSA) is 124 Å². The number of carbonyl (C=O) groups excluding carboxylic acids is 1. The van der Waals surface area contributed by atoms with Gasteiger partial charge < -0.3 is 15.2 Å². The van der Waals surface area contributed by atoms with Gasteiger partial charge in [-0.2, -0.15) is 19.0 Å². The molecule has 170 valence electrons. The Morgan fingerprint density at radius 1 is 1.33 bits per heavy atom. The first-order chi connectivity index (χ1) is 15.9. The van der Waals surface area contributed by atoms with Crippen molar-refractivity contribution in [1.82, 2.24) is 24.4 Å². The molecule has 0 saturated carbocycles. The molecular formula is C19H13F2IN6O4S. The molecule has 3 heterocycles. The number of aromatic nitrogens is 5. The van der Waals surface area contributed by atoms with Crippen LogP contribution in [0, 0.1) is 0 Å². The maximum absolute atomic E-state index is 13.0. The highest BCUT2D eigenvalue weighted by Gasteiger charge is 2.22. The third kappa shape index (κ3) is 5.05. The molecule has 0 unspecified atom stereocenters. The summed E-state index contributed by atoms with van der Waals surface area (Å²) in [6, 6.07) is 6.17. The Labute approximate surface area is 200 Å². The molecule has 0 aliphatic carbocycles. The highest BCUT2D eigenvalue weighted by Crippen LogP contribution is 2.39. The van der Waals surface area contributed by atoms with Crippen LogP contribution in [-0.4, -0.2) is 48.0 Å². The number of anilines is 1. The molecule has 1 aromatic carbocycles. The summed E-state index contributed by atoms with van der Waals surface area (Å²) < 4.78 is 33.1. The number of benzene rings is 1. The number of halogens is 3. The lowest BCUT2D eigenvalue weighted by atomic mass is 10.1. The summed E-state index contributed by atoms with van der Waals surface area (Å²) in [5, 5.41) is 20.1. The second-order valence-electron chi connectivity index (χ2n) is 6.50. The summed E-state index contributed by atoms with van der Waals surface area (Å²) in [6.07, 6.45) is 5.76. The minimum atomic E-state index is -3.09. The van der Waals surface area contributed by atoms with Crippen molar-refractivity contribution in [3.63, 3.8) is 0 Å². The molecule has 10 nitrogen and oxygen atoms in total. The third-order valence-corrected chi connectivity index (χ3v) is 6.30. The second kappa shape index (κ2) is 9.70. The number of carboxylic acid groups (broad SMARTS) is 1. The number of ether oxygens (including phenoxy) is 1. The van der Waals surface area contributed by atoms with Gasteiger partial charge in [-0.3, -0.25) is 14.3 Å². The molecule has 0 aliphatic heterocycles. The maximum atomic E-state index is 13.0. The molecule has 1 amide bonds. The van der Waals surface area contributed by atoms with Crippen molar-refractivity contribution in [2.75, 3.05) is 5.32 Å². The number of alkyl halides is 2. The van der Waals surface area contributed by atoms with E-state index in [-0.39, 0.29) is 28.3 Å². The molecule has 4 aromatic rings. The number of rotatable bonds is 8. The Morgan fingerprint density at radius 3 is 2.88 bits per heavy atom. The summed E-state index contributed by atoms with van der Waals surface area (Å²) in [5.41, 5.74) is 0.797. The lowest BCUT2D eigenvalue weighted by Crippen LogP contribution is -2.12. The minimum Gasteiger partial charge on any atom is -0.480 e. The van der Waals surface area contributed by atoms with E-state index >= 15 is 0 Å². The van der Waals surface area contributed by atoms with E-state index in [1.165, 1.54) is 38.1 Å². The number of fused-ring (bicyclic) bond motifs is 1. The molecule has 14 heteroatoms. The number of hydrogen-bond donors (Lipinski definition) is 2. The second-order valence-corrected chi connectivity index (χ2v) is 8.44. The van der Waals surface area contributed by atoms with Crippen LogP contribution in [0.25, 0.3) is 16.9 Å². The molecule has 0 aliphatic rings. The Kier molecular flexibility index (Phi) is 6.73. The van der Waals surface area contributed by atoms with Crippen LogP contribution in [0.3, 0.4) is 0 Å². The number of aliphatic carboxylic acids is 1. The van der Waals surface area contributed by atoms with E-state index in [9.17, 15) is 18.4 Å². The predicted molar refractivity (Wildman–Crippen MR) is 123 cm³/mol. The van der Waals surface area contributed by atoms with Gasteiger partial charge in [0.25, 0.3) is 5.91 Å². The molecule has 0 saturated heterocycles. The average molecular weight is 586 g/mol. The number of nitrogens with zero attached hydrogens (tertiary/aromatic N) is 5. The van der Waals surface area contributed by atoms with Crippen molar-refractivity contribution in [1.29, 1.82) is 0 Å². The van der Waals surface area contributed by atoms with Gasteiger partial charge >= 0.3 is 12.6 Å². The van der Waals surface area contributed by atoms with Crippen LogP contribution in [0.1, 0.15) is 10.4 Å². The van der Waals surface area contributed by atoms with Gasteiger partial charge in [0.1, 0.15) is 23.6 Å². The SMILES string of the molecule is O=C(O)Cn1cc(NC(=O)c2cnn3cccnc23)c(-c2cc(SI)ccc2OC(F)F)n1. The standard InChI is InChI=1S/C19H13F2IN6O4S/c20-19(21)32-14-3-2-10(33-22)6-11(14)16-13(8-27(26-16)9-15(29)30)25-18(31)12-7-24-28-5-1-4-23-17(12)28/h1-8,19H,9H2,(H,25,31)(H,29,30). The summed E-state index contributed by atoms with van der Waals surface area (Å²) in [5.74, 6) is -1.93. The van der Waals surface area contributed by atoms with Gasteiger partial charge in [-0.05, 0) is 24.3 Å². The molecular weight excluding hydrogens is 573 g/mol. The lowest BCUT2D eigenvalue weighted by Gasteiger charge is -2.12. The Bertz CT molecular complexity index is 1350. The number of carboxylic acids is 1. The molecule has 33 heavy (non-hydrogen) atoms. The zero-order valence-electron chi connectivity index (χ0n) is 16.4. The monoisotopic (exact) mass is 586 g/mol. The largest absolute Gasteiger partial charge is 0.480 e. The number of hydrogen-bond acceptors (Lipinski definition) is 7. The summed E-state index contributed by atoms with van der Waals surface area (Å²) in [7, 11) is 1.33. The van der Waals surface area contributed by atoms with Gasteiger partial charge in [0.2, 0.25) is 0 Å². The number of amides is 1. The molecule has 0 fully saturated rings. The van der Waals surface area contributed by atoms with Gasteiger partial charge in [0.05, 0.1) is 11.9 Å². The Hall–Kier alpha value is -3.27. The van der Waals surface area contributed by atoms with Crippen molar-refractivity contribution >= 4 is 53.3 Å². The first kappa shape index (κ1) is 22.9. The van der Waals surface area contributed by atoms with E-state index in [0.717, 1.165) is 4.68 Å². The van der Waals surface area contributed by atoms with Gasteiger partial charge in [0.15, 0.2) is 5.65 Å². The van der Waals surface area contributed by atoms with Crippen LogP contribution < -0.4 is 10.1 Å². The van der Waals surface area contributed by atoms with Crippen LogP contribution in [-0.2, 0) is 11.3 Å². The number of nitrogens with one attached hydrogen (secondary N) is 1. The van der Waals surface area contributed by atoms with Gasteiger partial charge in [-0.15, -0.1) is 0 Å². The average Bonchev–Trinajstić information content (AvgIpc) is 3.37. The lowest BCUT2D eigenvalue weighted by molar-refractivity contribution is -0.137. The fourth-order valence-electron chi connectivity index (χ4n) is 3.05. The first-order valence-electron chi connectivity index (χ1n) is 9.12. The fourth-order valence-corrected chi connectivity index (χ4v) is 4.15. The van der Waals surface area contributed by atoms with Gasteiger partial charge in [-0.25, -0.2) is 9.50 Å². The predicted octanol–water partition coefficient (Wildman–Crippen LogP) is 3.97. The van der Waals surface area contributed by atoms with Crippen molar-refractivity contribution in [2.24, 2.45) is 0 Å². The van der Waals surface area contributed by atoms with E-state index in [0.29, 0.717) is 10.5 Å². The smallest absolute Gasteiger partial charge is 0.387 e. The van der Waals surface area contributed by atoms with Crippen LogP contribution in [0.5, 0.6) is 5.75 Å². The normalized spacial score (nSPS) is 11.2. The first-order valence-corrected chi connectivity index (χ1v) is 12.5. The molecule has 2 N–H and O–H groups in total. The fraction of sp³-hybridized carbons (Fsp3) is 0.105. The van der Waals surface area contributed by atoms with Crippen LogP contribution >= 0.6 is 30.1 Å². The summed E-state index contributed by atoms with van der Waals surface area (Å²) in [4.78, 5) is 29.0. The molecule has 0 atom stereocenters. The van der Waals surface area contributed by atoms with Gasteiger partial charge in [-0.1, -0.05) is 8.93 Å². The van der Waals surface area contributed by atoms with Crippen molar-refractivity contribution in [3.05, 3.63) is 54.6 Å². The highest BCUT2D eigenvalue weighted by molar-refractivity contribution is 14.2. The quantitative estimate of drug-likeness (QED) is 0.298. The highest BCUT2D eigenvalue weighted by atomic mass is 127. The van der Waals surface area contributed by atoms with E-state index < -0.39 is 25.0 Å². The van der Waals surface area contributed by atoms with Crippen molar-refractivity contribution in [3.8, 4) is 17.0 Å². The van der Waals surface area contributed by atoms with Gasteiger partial charge in [0, 0.05) is 50.3 Å². The van der Waals surface area contributed by atoms with E-state index in [1.54, 1.807) is 24.4 Å². The molecule has 0 bridgehead atoms. The number of carbonyl (C=O) groups is 2. The molecule has 3 aromatic heterocycles. The van der Waals surface area contributed by atoms with Crippen LogP contribution in [0.4, 0.5) is 14.5 Å². The zero-order chi connectivity index (χ0) is 23.5. The zero-order valence-corrected chi connectivity index (χ0v) is 19.3. The summed E-state index contributed by atoms with van der Waals surface area (Å²) >= 11 is 2.03. The van der Waals surface area contributed by atoms with Crippen LogP contribution in [0.2, 0.25) is 0 Å². The molecule has 4 rings (SSSR count). The van der Waals surface area contributed by atoms with Crippen molar-refractivity contribution < 1.29 is 28.2 Å². The van der Waals surface area contributed by atoms with Crippen LogP contribution in [0.15, 0.2) is 53.9 Å². The molecule has 0 spiro atoms. The molecule has 0 radical (unpaired) electrons. The van der Waals surface area contributed by atoms with E-state index in [1.807, 2.05) is 21.2 Å². The Balaban J connectivity index is 1.79.